The molecule has 0 saturated carbocycles. The molecule has 0 spiro atoms. The third-order valence-electron chi connectivity index (χ3n) is 9.08. The van der Waals surface area contributed by atoms with Gasteiger partial charge in [-0.05, 0) is 77.0 Å². The molecular formula is C45H74O10. The highest BCUT2D eigenvalue weighted by molar-refractivity contribution is 5.70. The number of hydrogen-bond donors (Lipinski definition) is 4. The quantitative estimate of drug-likeness (QED) is 0.0291. The van der Waals surface area contributed by atoms with E-state index >= 15 is 0 Å². The van der Waals surface area contributed by atoms with Crippen molar-refractivity contribution in [3.8, 4) is 0 Å². The number of unbranched alkanes of at least 4 members (excludes halogenated alkanes) is 10. The molecule has 1 aliphatic rings. The van der Waals surface area contributed by atoms with Crippen LogP contribution < -0.4 is 0 Å². The molecule has 1 fully saturated rings. The number of esters is 2. The minimum absolute atomic E-state index is 0.192. The van der Waals surface area contributed by atoms with Gasteiger partial charge in [-0.1, -0.05) is 125 Å². The molecule has 1 unspecified atom stereocenters. The first-order chi connectivity index (χ1) is 26.8. The second-order valence-electron chi connectivity index (χ2n) is 14.1. The van der Waals surface area contributed by atoms with Gasteiger partial charge in [0.1, 0.15) is 31.0 Å². The van der Waals surface area contributed by atoms with Crippen LogP contribution in [0.2, 0.25) is 0 Å². The van der Waals surface area contributed by atoms with Gasteiger partial charge in [0.25, 0.3) is 0 Å². The molecule has 0 bridgehead atoms. The van der Waals surface area contributed by atoms with Crippen molar-refractivity contribution in [2.75, 3.05) is 19.8 Å². The van der Waals surface area contributed by atoms with E-state index in [1.54, 1.807) is 0 Å². The molecule has 4 N–H and O–H groups in total. The van der Waals surface area contributed by atoms with Gasteiger partial charge in [0.05, 0.1) is 13.2 Å². The molecule has 55 heavy (non-hydrogen) atoms. The standard InChI is InChI=1S/C45H74O10/c1-3-5-7-9-11-13-15-17-18-19-20-22-23-25-27-29-31-33-40(47)52-36-38(37-53-45-44(51)43(50)42(49)39(35-46)55-45)54-41(48)34-32-30-28-26-24-21-16-14-12-10-8-6-4-2/h5,7,11,13-14,16-18,20,22,25,27,38-39,42-46,49-51H,3-4,6,8-10,12,15,19,21,23-24,26,28-37H2,1-2H3/t38?,39-,42+,43+,44+,45-/m1/s1. The van der Waals surface area contributed by atoms with E-state index in [9.17, 15) is 30.0 Å². The lowest BCUT2D eigenvalue weighted by atomic mass is 9.99. The van der Waals surface area contributed by atoms with Crippen LogP contribution in [-0.4, -0.2) is 89.0 Å². The van der Waals surface area contributed by atoms with E-state index < -0.39 is 55.4 Å². The van der Waals surface area contributed by atoms with Gasteiger partial charge in [-0.25, -0.2) is 0 Å². The molecule has 6 atom stereocenters. The van der Waals surface area contributed by atoms with Gasteiger partial charge in [0.15, 0.2) is 12.4 Å². The largest absolute Gasteiger partial charge is 0.462 e. The number of hydrogen-bond acceptors (Lipinski definition) is 10. The lowest BCUT2D eigenvalue weighted by Crippen LogP contribution is -2.59. The third kappa shape index (κ3) is 27.4. The molecule has 10 heteroatoms. The van der Waals surface area contributed by atoms with Crippen molar-refractivity contribution in [3.63, 3.8) is 0 Å². The minimum atomic E-state index is -1.61. The molecule has 1 heterocycles. The zero-order valence-electron chi connectivity index (χ0n) is 33.9. The molecule has 1 saturated heterocycles. The Labute approximate surface area is 332 Å². The Morgan fingerprint density at radius 1 is 0.582 bits per heavy atom. The zero-order chi connectivity index (χ0) is 40.2. The Morgan fingerprint density at radius 2 is 1.09 bits per heavy atom. The summed E-state index contributed by atoms with van der Waals surface area (Å²) < 4.78 is 22.0. The Bertz CT molecular complexity index is 1120. The van der Waals surface area contributed by atoms with Gasteiger partial charge < -0.3 is 39.4 Å². The van der Waals surface area contributed by atoms with Crippen molar-refractivity contribution >= 4 is 11.9 Å². The highest BCUT2D eigenvalue weighted by atomic mass is 16.7. The van der Waals surface area contributed by atoms with Crippen LogP contribution in [-0.2, 0) is 28.5 Å². The lowest BCUT2D eigenvalue weighted by Gasteiger charge is -2.39. The van der Waals surface area contributed by atoms with Crippen molar-refractivity contribution in [2.24, 2.45) is 0 Å². The summed E-state index contributed by atoms with van der Waals surface area (Å²) in [4.78, 5) is 25.2. The van der Waals surface area contributed by atoms with Gasteiger partial charge in [-0.2, -0.15) is 0 Å². The van der Waals surface area contributed by atoms with Crippen molar-refractivity contribution in [3.05, 3.63) is 72.9 Å². The van der Waals surface area contributed by atoms with Crippen molar-refractivity contribution in [1.29, 1.82) is 0 Å². The van der Waals surface area contributed by atoms with Crippen LogP contribution in [0.4, 0.5) is 0 Å². The molecule has 0 aromatic carbocycles. The fraction of sp³-hybridized carbons (Fsp3) is 0.689. The Balaban J connectivity index is 2.42. The minimum Gasteiger partial charge on any atom is -0.462 e. The zero-order valence-corrected chi connectivity index (χ0v) is 33.9. The Kier molecular flexibility index (Phi) is 32.4. The summed E-state index contributed by atoms with van der Waals surface area (Å²) in [5.41, 5.74) is 0. The maximum atomic E-state index is 12.7. The molecule has 0 radical (unpaired) electrons. The highest BCUT2D eigenvalue weighted by Gasteiger charge is 2.44. The SMILES string of the molecule is CCC=CCC=CCC=CCC=CCC=CCCCC(=O)OCC(CO[C@@H]1O[C@H](CO)[C@H](O)[C@H](O)[C@@H]1O)OC(=O)CCCCCCCC=CCCCCCC. The normalized spacial score (nSPS) is 21.3. The predicted molar refractivity (Wildman–Crippen MR) is 219 cm³/mol. The number of ether oxygens (including phenoxy) is 4. The first-order valence-electron chi connectivity index (χ1n) is 21.0. The van der Waals surface area contributed by atoms with E-state index in [0.717, 1.165) is 77.0 Å². The van der Waals surface area contributed by atoms with E-state index in [4.69, 9.17) is 18.9 Å². The van der Waals surface area contributed by atoms with E-state index in [1.807, 2.05) is 6.08 Å². The first-order valence-corrected chi connectivity index (χ1v) is 21.0. The summed E-state index contributed by atoms with van der Waals surface area (Å²) in [5, 5.41) is 40.0. The summed E-state index contributed by atoms with van der Waals surface area (Å²) in [6, 6.07) is 0. The number of aliphatic hydroxyl groups is 4. The maximum Gasteiger partial charge on any atom is 0.306 e. The average molecular weight is 775 g/mol. The van der Waals surface area contributed by atoms with Crippen LogP contribution in [0.15, 0.2) is 72.9 Å². The summed E-state index contributed by atoms with van der Waals surface area (Å²) >= 11 is 0. The topological polar surface area (TPSA) is 152 Å². The third-order valence-corrected chi connectivity index (χ3v) is 9.08. The van der Waals surface area contributed by atoms with E-state index in [0.29, 0.717) is 12.8 Å². The molecular weight excluding hydrogens is 700 g/mol. The lowest BCUT2D eigenvalue weighted by molar-refractivity contribution is -0.305. The van der Waals surface area contributed by atoms with Gasteiger partial charge in [-0.3, -0.25) is 9.59 Å². The number of aliphatic hydroxyl groups excluding tert-OH is 4. The second kappa shape index (κ2) is 35.5. The fourth-order valence-electron chi connectivity index (χ4n) is 5.75. The van der Waals surface area contributed by atoms with Crippen LogP contribution >= 0.6 is 0 Å². The molecule has 314 valence electrons. The maximum absolute atomic E-state index is 12.7. The van der Waals surface area contributed by atoms with Crippen molar-refractivity contribution in [2.45, 2.75) is 179 Å². The predicted octanol–water partition coefficient (Wildman–Crippen LogP) is 8.44. The molecule has 0 aliphatic carbocycles. The van der Waals surface area contributed by atoms with Gasteiger partial charge in [-0.15, -0.1) is 0 Å². The van der Waals surface area contributed by atoms with E-state index in [2.05, 4.69) is 80.7 Å². The van der Waals surface area contributed by atoms with Gasteiger partial charge >= 0.3 is 11.9 Å². The summed E-state index contributed by atoms with van der Waals surface area (Å²) in [6.45, 7) is 3.20. The van der Waals surface area contributed by atoms with Crippen LogP contribution in [0.3, 0.4) is 0 Å². The molecule has 0 aromatic heterocycles. The molecule has 1 rings (SSSR count). The van der Waals surface area contributed by atoms with Crippen molar-refractivity contribution in [1.82, 2.24) is 0 Å². The Hall–Kier alpha value is -2.86. The summed E-state index contributed by atoms with van der Waals surface area (Å²) in [5.74, 6) is -0.893. The average Bonchev–Trinajstić information content (AvgIpc) is 3.18. The molecule has 1 aliphatic heterocycles. The van der Waals surface area contributed by atoms with Gasteiger partial charge in [0, 0.05) is 12.8 Å². The first kappa shape index (κ1) is 50.2. The number of allylic oxidation sites excluding steroid dienone is 12. The smallest absolute Gasteiger partial charge is 0.306 e. The van der Waals surface area contributed by atoms with Crippen LogP contribution in [0.1, 0.15) is 142 Å². The monoisotopic (exact) mass is 775 g/mol. The van der Waals surface area contributed by atoms with Crippen molar-refractivity contribution < 1.29 is 49.0 Å². The molecule has 0 amide bonds. The highest BCUT2D eigenvalue weighted by Crippen LogP contribution is 2.22. The summed E-state index contributed by atoms with van der Waals surface area (Å²) in [7, 11) is 0. The van der Waals surface area contributed by atoms with E-state index in [1.165, 1.54) is 25.7 Å². The van der Waals surface area contributed by atoms with Crippen LogP contribution in [0.25, 0.3) is 0 Å². The Morgan fingerprint density at radius 3 is 1.69 bits per heavy atom. The fourth-order valence-corrected chi connectivity index (χ4v) is 5.75. The summed E-state index contributed by atoms with van der Waals surface area (Å²) in [6.07, 6.45) is 36.3. The number of rotatable bonds is 33. The molecule has 0 aromatic rings. The van der Waals surface area contributed by atoms with Gasteiger partial charge in [0.2, 0.25) is 0 Å². The van der Waals surface area contributed by atoms with Crippen LogP contribution in [0.5, 0.6) is 0 Å². The van der Waals surface area contributed by atoms with E-state index in [-0.39, 0.29) is 26.1 Å². The second-order valence-corrected chi connectivity index (χ2v) is 14.1. The van der Waals surface area contributed by atoms with Crippen LogP contribution in [0, 0.1) is 0 Å². The number of carbonyl (C=O) groups excluding carboxylic acids is 2. The number of carbonyl (C=O) groups is 2. The molecule has 10 nitrogen and oxygen atoms in total.